The van der Waals surface area contributed by atoms with E-state index in [1.54, 1.807) is 0 Å². The van der Waals surface area contributed by atoms with Crippen molar-refractivity contribution in [3.05, 3.63) is 89.0 Å². The zero-order valence-corrected chi connectivity index (χ0v) is 20.3. The van der Waals surface area contributed by atoms with Crippen molar-refractivity contribution in [2.24, 2.45) is 0 Å². The molecule has 0 fully saturated rings. The summed E-state index contributed by atoms with van der Waals surface area (Å²) in [5.74, 6) is -1.04. The van der Waals surface area contributed by atoms with E-state index in [0.717, 1.165) is 30.3 Å². The van der Waals surface area contributed by atoms with Crippen molar-refractivity contribution in [3.8, 4) is 0 Å². The maximum absolute atomic E-state index is 13.0. The van der Waals surface area contributed by atoms with E-state index in [0.29, 0.717) is 30.5 Å². The summed E-state index contributed by atoms with van der Waals surface area (Å²) in [6.07, 6.45) is -8.97. The van der Waals surface area contributed by atoms with Gasteiger partial charge in [-0.1, -0.05) is 18.2 Å². The van der Waals surface area contributed by atoms with Crippen LogP contribution in [0.5, 0.6) is 0 Å². The number of halogens is 6. The lowest BCUT2D eigenvalue weighted by Gasteiger charge is -2.13. The molecular weight excluding hydrogens is 548 g/mol. The second-order valence-electron chi connectivity index (χ2n) is 7.84. The highest BCUT2D eigenvalue weighted by Gasteiger charge is 2.33. The van der Waals surface area contributed by atoms with Gasteiger partial charge in [-0.05, 0) is 54.1 Å². The van der Waals surface area contributed by atoms with Gasteiger partial charge in [-0.2, -0.15) is 26.3 Å². The summed E-state index contributed by atoms with van der Waals surface area (Å²) in [5.41, 5.74) is -2.80. The summed E-state index contributed by atoms with van der Waals surface area (Å²) in [6, 6.07) is 9.65. The first-order valence-electron chi connectivity index (χ1n) is 10.1. The van der Waals surface area contributed by atoms with Gasteiger partial charge in [-0.15, -0.1) is 0 Å². The van der Waals surface area contributed by atoms with E-state index in [-0.39, 0.29) is 17.0 Å². The summed E-state index contributed by atoms with van der Waals surface area (Å²) in [7, 11) is -8.61. The minimum Gasteiger partial charge on any atom is -0.348 e. The van der Waals surface area contributed by atoms with Crippen molar-refractivity contribution < 1.29 is 48.0 Å². The quantitative estimate of drug-likeness (QED) is 0.430. The summed E-state index contributed by atoms with van der Waals surface area (Å²) in [4.78, 5) is 10.8. The van der Waals surface area contributed by atoms with E-state index >= 15 is 0 Å². The van der Waals surface area contributed by atoms with Gasteiger partial charge < -0.3 is 5.32 Å². The minimum absolute atomic E-state index is 0.175. The number of amides is 1. The molecule has 198 valence electrons. The summed E-state index contributed by atoms with van der Waals surface area (Å²) in [6.45, 7) is -0.366. The Hall–Kier alpha value is -3.39. The van der Waals surface area contributed by atoms with Crippen LogP contribution in [0.1, 0.15) is 27.0 Å². The number of carbonyl (C=O) groups excluding carboxylic acids is 1. The maximum Gasteiger partial charge on any atom is 0.416 e. The molecule has 0 heterocycles. The smallest absolute Gasteiger partial charge is 0.348 e. The fraction of sp³-hybridized carbons (Fsp3) is 0.174. The lowest BCUT2D eigenvalue weighted by molar-refractivity contribution is -0.138. The first-order valence-corrected chi connectivity index (χ1v) is 13.5. The second kappa shape index (κ2) is 9.82. The second-order valence-corrected chi connectivity index (χ2v) is 11.8. The Kier molecular flexibility index (Phi) is 7.48. The Morgan fingerprint density at radius 3 is 1.86 bits per heavy atom. The fourth-order valence-electron chi connectivity index (χ4n) is 3.27. The molecule has 0 saturated heterocycles. The van der Waals surface area contributed by atoms with E-state index in [4.69, 9.17) is 0 Å². The zero-order chi connectivity index (χ0) is 27.8. The lowest BCUT2D eigenvalue weighted by atomic mass is 10.1. The van der Waals surface area contributed by atoms with E-state index < -0.39 is 64.4 Å². The average molecular weight is 566 g/mol. The number of rotatable bonds is 6. The van der Waals surface area contributed by atoms with Crippen molar-refractivity contribution in [1.82, 2.24) is 5.32 Å². The van der Waals surface area contributed by atoms with Crippen LogP contribution < -0.4 is 5.32 Å². The molecule has 0 bridgehead atoms. The number of sulfone groups is 2. The first kappa shape index (κ1) is 28.2. The Labute approximate surface area is 207 Å². The molecule has 14 heteroatoms. The number of carbonyl (C=O) groups is 1. The number of hydrogen-bond donors (Lipinski definition) is 1. The maximum atomic E-state index is 13.0. The molecule has 0 saturated carbocycles. The number of hydrogen-bond acceptors (Lipinski definition) is 5. The van der Waals surface area contributed by atoms with Crippen LogP contribution in [0.3, 0.4) is 0 Å². The highest BCUT2D eigenvalue weighted by Crippen LogP contribution is 2.33. The van der Waals surface area contributed by atoms with Crippen LogP contribution in [0.15, 0.2) is 81.4 Å². The van der Waals surface area contributed by atoms with Crippen LogP contribution in [-0.4, -0.2) is 29.0 Å². The zero-order valence-electron chi connectivity index (χ0n) is 18.7. The third-order valence-corrected chi connectivity index (χ3v) is 7.97. The van der Waals surface area contributed by atoms with Crippen molar-refractivity contribution in [3.63, 3.8) is 0 Å². The molecule has 6 nitrogen and oxygen atoms in total. The molecule has 0 aliphatic carbocycles. The van der Waals surface area contributed by atoms with E-state index in [1.165, 1.54) is 12.1 Å². The standard InChI is InChI=1S/C23H17F6NO5S2/c1-36(32,33)20-12-16(23(27,28)29)8-9-19(20)21(31)30-13-14-4-2-6-17(10-14)37(34,35)18-7-3-5-15(11-18)22(24,25)26/h2-12H,13H2,1H3,(H,30,31). The molecule has 0 radical (unpaired) electrons. The van der Waals surface area contributed by atoms with Gasteiger partial charge in [0.15, 0.2) is 9.84 Å². The molecule has 3 rings (SSSR count). The molecule has 0 atom stereocenters. The van der Waals surface area contributed by atoms with Gasteiger partial charge in [0.25, 0.3) is 5.91 Å². The third-order valence-electron chi connectivity index (χ3n) is 5.09. The molecule has 0 aliphatic heterocycles. The topological polar surface area (TPSA) is 97.4 Å². The minimum atomic E-state index is -4.85. The van der Waals surface area contributed by atoms with Crippen molar-refractivity contribution in [2.45, 2.75) is 33.6 Å². The number of benzene rings is 3. The summed E-state index contributed by atoms with van der Waals surface area (Å²) < 4.78 is 128. The van der Waals surface area contributed by atoms with Gasteiger partial charge >= 0.3 is 12.4 Å². The van der Waals surface area contributed by atoms with Gasteiger partial charge in [0.2, 0.25) is 9.84 Å². The summed E-state index contributed by atoms with van der Waals surface area (Å²) in [5, 5.41) is 2.31. The van der Waals surface area contributed by atoms with Gasteiger partial charge in [0.1, 0.15) is 0 Å². The molecule has 1 N–H and O–H groups in total. The van der Waals surface area contributed by atoms with E-state index in [1.807, 2.05) is 0 Å². The van der Waals surface area contributed by atoms with E-state index in [9.17, 15) is 48.0 Å². The van der Waals surface area contributed by atoms with Crippen molar-refractivity contribution in [1.29, 1.82) is 0 Å². The molecule has 0 unspecified atom stereocenters. The SMILES string of the molecule is CS(=O)(=O)c1cc(C(F)(F)F)ccc1C(=O)NCc1cccc(S(=O)(=O)c2cccc(C(F)(F)F)c2)c1. The van der Waals surface area contributed by atoms with Crippen LogP contribution in [0, 0.1) is 0 Å². The molecule has 37 heavy (non-hydrogen) atoms. The molecule has 3 aromatic rings. The van der Waals surface area contributed by atoms with E-state index in [2.05, 4.69) is 5.32 Å². The highest BCUT2D eigenvalue weighted by atomic mass is 32.2. The Balaban J connectivity index is 1.87. The van der Waals surface area contributed by atoms with Crippen molar-refractivity contribution >= 4 is 25.6 Å². The molecular formula is C23H17F6NO5S2. The Morgan fingerprint density at radius 1 is 0.757 bits per heavy atom. The molecule has 0 spiro atoms. The highest BCUT2D eigenvalue weighted by molar-refractivity contribution is 7.91. The molecule has 0 aliphatic rings. The lowest BCUT2D eigenvalue weighted by Crippen LogP contribution is -2.25. The predicted molar refractivity (Wildman–Crippen MR) is 119 cm³/mol. The van der Waals surface area contributed by atoms with Crippen LogP contribution in [0.25, 0.3) is 0 Å². The van der Waals surface area contributed by atoms with Crippen molar-refractivity contribution in [2.75, 3.05) is 6.26 Å². The average Bonchev–Trinajstić information content (AvgIpc) is 2.80. The number of nitrogens with one attached hydrogen (secondary N) is 1. The fourth-order valence-corrected chi connectivity index (χ4v) is 5.55. The Morgan fingerprint density at radius 2 is 1.30 bits per heavy atom. The van der Waals surface area contributed by atoms with Gasteiger partial charge in [0, 0.05) is 12.8 Å². The predicted octanol–water partition coefficient (Wildman–Crippen LogP) is 4.89. The van der Waals surface area contributed by atoms with Crippen LogP contribution in [0.4, 0.5) is 26.3 Å². The Bertz CT molecular complexity index is 1560. The van der Waals surface area contributed by atoms with Crippen LogP contribution in [-0.2, 0) is 38.6 Å². The molecule has 3 aromatic carbocycles. The molecule has 0 aromatic heterocycles. The number of alkyl halides is 6. The van der Waals surface area contributed by atoms with Gasteiger partial charge in [-0.3, -0.25) is 4.79 Å². The first-order chi connectivity index (χ1) is 16.9. The van der Waals surface area contributed by atoms with Gasteiger partial charge in [0.05, 0.1) is 31.4 Å². The third kappa shape index (κ3) is 6.49. The van der Waals surface area contributed by atoms with Gasteiger partial charge in [-0.25, -0.2) is 16.8 Å². The summed E-state index contributed by atoms with van der Waals surface area (Å²) >= 11 is 0. The normalized spacial score (nSPS) is 12.8. The monoisotopic (exact) mass is 565 g/mol. The van der Waals surface area contributed by atoms with Crippen LogP contribution >= 0.6 is 0 Å². The van der Waals surface area contributed by atoms with Crippen LogP contribution in [0.2, 0.25) is 0 Å². The molecule has 1 amide bonds. The largest absolute Gasteiger partial charge is 0.416 e.